The average molecular weight is 533 g/mol. The average Bonchev–Trinajstić information content (AvgIpc) is 2.86. The number of aromatic hydroxyl groups is 1. The molecule has 0 fully saturated rings. The Hall–Kier alpha value is -4.35. The second kappa shape index (κ2) is 11.0. The number of rotatable bonds is 9. The topological polar surface area (TPSA) is 128 Å². The maximum atomic E-state index is 13.0. The standard InChI is InChI=1S/C26H27F3N4O5/c1-13(2)18(24(37)30-12-14-7-5-8-15(11-14)26(27,28)29)32-20-19(22(35)23(20)36)31-17-10-6-9-16(21(17)34)25(38)33(3)4/h5-11,13,18,31-32,34H,12H2,1-4H3,(H,30,37)/t18-/m1/s1. The first-order valence-corrected chi connectivity index (χ1v) is 11.6. The van der Waals surface area contributed by atoms with Gasteiger partial charge in [-0.1, -0.05) is 32.0 Å². The molecule has 0 spiro atoms. The molecule has 0 heterocycles. The molecule has 0 aliphatic rings. The van der Waals surface area contributed by atoms with Crippen molar-refractivity contribution in [3.63, 3.8) is 0 Å². The summed E-state index contributed by atoms with van der Waals surface area (Å²) in [6.45, 7) is 3.18. The largest absolute Gasteiger partial charge is 0.505 e. The van der Waals surface area contributed by atoms with Crippen molar-refractivity contribution in [2.45, 2.75) is 32.6 Å². The van der Waals surface area contributed by atoms with E-state index in [2.05, 4.69) is 16.0 Å². The summed E-state index contributed by atoms with van der Waals surface area (Å²) in [5.74, 6) is -1.89. The van der Waals surface area contributed by atoms with Gasteiger partial charge in [-0.15, -0.1) is 0 Å². The highest BCUT2D eigenvalue weighted by Gasteiger charge is 2.31. The van der Waals surface area contributed by atoms with Crippen LogP contribution in [0.2, 0.25) is 0 Å². The first-order valence-electron chi connectivity index (χ1n) is 11.6. The maximum Gasteiger partial charge on any atom is 0.416 e. The number of benzene rings is 2. The summed E-state index contributed by atoms with van der Waals surface area (Å²) in [4.78, 5) is 51.1. The number of phenolic OH excluding ortho intramolecular Hbond substituents is 1. The molecule has 3 aromatic carbocycles. The van der Waals surface area contributed by atoms with Gasteiger partial charge in [0.2, 0.25) is 5.91 Å². The van der Waals surface area contributed by atoms with Crippen molar-refractivity contribution in [3.8, 4) is 5.75 Å². The van der Waals surface area contributed by atoms with Crippen LogP contribution in [0.5, 0.6) is 5.75 Å². The van der Waals surface area contributed by atoms with Crippen molar-refractivity contribution in [3.05, 3.63) is 79.6 Å². The van der Waals surface area contributed by atoms with Crippen molar-refractivity contribution in [1.82, 2.24) is 10.2 Å². The van der Waals surface area contributed by atoms with Gasteiger partial charge in [0.25, 0.3) is 16.8 Å². The summed E-state index contributed by atoms with van der Waals surface area (Å²) >= 11 is 0. The summed E-state index contributed by atoms with van der Waals surface area (Å²) in [6, 6.07) is 7.80. The van der Waals surface area contributed by atoms with Crippen LogP contribution in [0.1, 0.15) is 35.3 Å². The number of halogens is 3. The van der Waals surface area contributed by atoms with Gasteiger partial charge in [0.05, 0.1) is 16.8 Å². The lowest BCUT2D eigenvalue weighted by Crippen LogP contribution is -2.47. The monoisotopic (exact) mass is 532 g/mol. The molecule has 0 aromatic heterocycles. The first kappa shape index (κ1) is 28.2. The van der Waals surface area contributed by atoms with E-state index >= 15 is 0 Å². The highest BCUT2D eigenvalue weighted by Crippen LogP contribution is 2.32. The van der Waals surface area contributed by atoms with Gasteiger partial charge in [0.15, 0.2) is 5.75 Å². The molecule has 0 unspecified atom stereocenters. The predicted molar refractivity (Wildman–Crippen MR) is 136 cm³/mol. The van der Waals surface area contributed by atoms with E-state index in [1.165, 1.54) is 49.3 Å². The van der Waals surface area contributed by atoms with Crippen LogP contribution in [0, 0.1) is 5.92 Å². The summed E-state index contributed by atoms with van der Waals surface area (Å²) in [6.07, 6.45) is -4.53. The fourth-order valence-electron chi connectivity index (χ4n) is 3.69. The van der Waals surface area contributed by atoms with E-state index in [1.54, 1.807) is 13.8 Å². The van der Waals surface area contributed by atoms with Crippen LogP contribution < -0.4 is 26.8 Å². The van der Waals surface area contributed by atoms with E-state index in [0.717, 1.165) is 12.1 Å². The van der Waals surface area contributed by atoms with E-state index in [9.17, 15) is 37.5 Å². The lowest BCUT2D eigenvalue weighted by atomic mass is 10.0. The highest BCUT2D eigenvalue weighted by atomic mass is 19.4. The zero-order chi connectivity index (χ0) is 28.4. The Balaban J connectivity index is 1.79. The molecule has 9 nitrogen and oxygen atoms in total. The third-order valence-corrected chi connectivity index (χ3v) is 5.81. The van der Waals surface area contributed by atoms with Crippen molar-refractivity contribution in [1.29, 1.82) is 0 Å². The second-order valence-electron chi connectivity index (χ2n) is 9.22. The fourth-order valence-corrected chi connectivity index (χ4v) is 3.69. The number of para-hydroxylation sites is 1. The molecule has 0 radical (unpaired) electrons. The molecule has 12 heteroatoms. The van der Waals surface area contributed by atoms with Gasteiger partial charge in [0, 0.05) is 20.6 Å². The first-order chi connectivity index (χ1) is 17.7. The molecule has 3 rings (SSSR count). The zero-order valence-electron chi connectivity index (χ0n) is 21.1. The van der Waals surface area contributed by atoms with Gasteiger partial charge in [-0.05, 0) is 35.7 Å². The van der Waals surface area contributed by atoms with Crippen LogP contribution in [-0.2, 0) is 17.5 Å². The van der Waals surface area contributed by atoms with Crippen molar-refractivity contribution >= 4 is 28.9 Å². The molecular formula is C26H27F3N4O5. The number of nitrogens with one attached hydrogen (secondary N) is 3. The molecule has 2 amide bonds. The van der Waals surface area contributed by atoms with E-state index in [-0.39, 0.29) is 40.7 Å². The van der Waals surface area contributed by atoms with Gasteiger partial charge in [-0.3, -0.25) is 19.2 Å². The van der Waals surface area contributed by atoms with E-state index < -0.39 is 46.2 Å². The Morgan fingerprint density at radius 1 is 1.00 bits per heavy atom. The molecule has 0 saturated carbocycles. The van der Waals surface area contributed by atoms with E-state index in [0.29, 0.717) is 0 Å². The SMILES string of the molecule is CC(C)[C@@H](Nc1c(Nc2cccc(C(=O)N(C)C)c2O)c(=O)c1=O)C(=O)NCc1cccc(C(F)(F)F)c1. The number of carbonyl (C=O) groups is 2. The van der Waals surface area contributed by atoms with Crippen LogP contribution in [0.15, 0.2) is 52.1 Å². The van der Waals surface area contributed by atoms with Crippen molar-refractivity contribution in [2.75, 3.05) is 24.7 Å². The smallest absolute Gasteiger partial charge is 0.416 e. The minimum absolute atomic E-state index is 0.00273. The van der Waals surface area contributed by atoms with Gasteiger partial charge in [0.1, 0.15) is 17.4 Å². The Bertz CT molecular complexity index is 1430. The maximum absolute atomic E-state index is 13.0. The van der Waals surface area contributed by atoms with Crippen LogP contribution in [0.25, 0.3) is 0 Å². The molecule has 0 aliphatic carbocycles. The van der Waals surface area contributed by atoms with Gasteiger partial charge in [-0.25, -0.2) is 0 Å². The summed E-state index contributed by atoms with van der Waals surface area (Å²) in [5, 5.41) is 18.5. The van der Waals surface area contributed by atoms with Gasteiger partial charge in [-0.2, -0.15) is 13.2 Å². The minimum Gasteiger partial charge on any atom is -0.505 e. The summed E-state index contributed by atoms with van der Waals surface area (Å²) in [5.41, 5.74) is -2.79. The molecule has 3 aromatic rings. The molecule has 1 atom stereocenters. The molecule has 38 heavy (non-hydrogen) atoms. The third-order valence-electron chi connectivity index (χ3n) is 5.81. The van der Waals surface area contributed by atoms with Crippen molar-refractivity contribution in [2.24, 2.45) is 5.92 Å². The lowest BCUT2D eigenvalue weighted by Gasteiger charge is -2.25. The number of nitrogens with zero attached hydrogens (tertiary/aromatic N) is 1. The molecular weight excluding hydrogens is 505 g/mol. The van der Waals surface area contributed by atoms with Crippen molar-refractivity contribution < 1.29 is 27.9 Å². The number of alkyl halides is 3. The Morgan fingerprint density at radius 3 is 2.24 bits per heavy atom. The second-order valence-corrected chi connectivity index (χ2v) is 9.22. The highest BCUT2D eigenvalue weighted by molar-refractivity contribution is 5.99. The fraction of sp³-hybridized carbons (Fsp3) is 0.308. The minimum atomic E-state index is -4.53. The number of amides is 2. The third kappa shape index (κ3) is 5.96. The quantitative estimate of drug-likeness (QED) is 0.246. The molecule has 0 bridgehead atoms. The van der Waals surface area contributed by atoms with E-state index in [4.69, 9.17) is 0 Å². The zero-order valence-corrected chi connectivity index (χ0v) is 21.1. The van der Waals surface area contributed by atoms with Gasteiger partial charge >= 0.3 is 6.18 Å². The number of phenols is 1. The Morgan fingerprint density at radius 2 is 1.63 bits per heavy atom. The Labute approximate surface area is 216 Å². The van der Waals surface area contributed by atoms with E-state index in [1.807, 2.05) is 0 Å². The summed E-state index contributed by atoms with van der Waals surface area (Å²) < 4.78 is 38.9. The predicted octanol–water partition coefficient (Wildman–Crippen LogP) is 3.21. The normalized spacial score (nSPS) is 12.3. The van der Waals surface area contributed by atoms with Crippen LogP contribution in [-0.4, -0.2) is 42.0 Å². The van der Waals surface area contributed by atoms with Crippen LogP contribution in [0.4, 0.5) is 30.2 Å². The summed E-state index contributed by atoms with van der Waals surface area (Å²) in [7, 11) is 3.01. The molecule has 4 N–H and O–H groups in total. The van der Waals surface area contributed by atoms with Crippen LogP contribution in [0.3, 0.4) is 0 Å². The van der Waals surface area contributed by atoms with Gasteiger partial charge < -0.3 is 26.0 Å². The number of anilines is 3. The Kier molecular flexibility index (Phi) is 8.13. The molecule has 0 aliphatic heterocycles. The lowest BCUT2D eigenvalue weighted by molar-refractivity contribution is -0.137. The molecule has 202 valence electrons. The molecule has 0 saturated heterocycles. The number of hydrogen-bond donors (Lipinski definition) is 4. The number of carbonyl (C=O) groups excluding carboxylic acids is 2. The number of hydrogen-bond acceptors (Lipinski definition) is 7. The van der Waals surface area contributed by atoms with Crippen LogP contribution >= 0.6 is 0 Å².